The second kappa shape index (κ2) is 8.63. The summed E-state index contributed by atoms with van der Waals surface area (Å²) in [5.74, 6) is 0.347. The Balaban J connectivity index is 1.72. The van der Waals surface area contributed by atoms with Gasteiger partial charge in [-0.25, -0.2) is 8.42 Å². The number of carbonyl (C=O) groups excluding carboxylic acids is 1. The van der Waals surface area contributed by atoms with E-state index in [9.17, 15) is 13.2 Å². The number of hydrogen-bond donors (Lipinski definition) is 2. The van der Waals surface area contributed by atoms with Gasteiger partial charge in [-0.2, -0.15) is 0 Å². The minimum absolute atomic E-state index is 0.0124. The van der Waals surface area contributed by atoms with Crippen LogP contribution in [0.15, 0.2) is 0 Å². The van der Waals surface area contributed by atoms with Crippen molar-refractivity contribution in [2.45, 2.75) is 57.4 Å². The average molecular weight is 360 g/mol. The first-order valence-corrected chi connectivity index (χ1v) is 11.3. The number of likely N-dealkylation sites (tertiary alicyclic amines) is 1. The second-order valence-electron chi connectivity index (χ2n) is 7.75. The van der Waals surface area contributed by atoms with Crippen LogP contribution in [0.3, 0.4) is 0 Å². The molecule has 0 unspecified atom stereocenters. The molecule has 6 nitrogen and oxygen atoms in total. The fourth-order valence-corrected chi connectivity index (χ4v) is 4.56. The lowest BCUT2D eigenvalue weighted by atomic mass is 9.71. The van der Waals surface area contributed by atoms with Crippen molar-refractivity contribution in [3.8, 4) is 0 Å². The summed E-state index contributed by atoms with van der Waals surface area (Å²) in [4.78, 5) is 14.6. The van der Waals surface area contributed by atoms with Crippen LogP contribution in [0.4, 0.5) is 0 Å². The number of carbonyl (C=O) groups is 1. The molecule has 0 aromatic carbocycles. The molecule has 2 fully saturated rings. The fourth-order valence-electron chi connectivity index (χ4n) is 3.97. The monoisotopic (exact) mass is 359 g/mol. The van der Waals surface area contributed by atoms with Gasteiger partial charge in [-0.05, 0) is 37.6 Å². The lowest BCUT2D eigenvalue weighted by Crippen LogP contribution is -2.47. The summed E-state index contributed by atoms with van der Waals surface area (Å²) in [5, 5.41) is 3.18. The molecule has 0 aromatic rings. The lowest BCUT2D eigenvalue weighted by Gasteiger charge is -2.37. The Morgan fingerprint density at radius 2 is 1.83 bits per heavy atom. The number of amides is 1. The quantitative estimate of drug-likeness (QED) is 0.705. The molecule has 1 aliphatic heterocycles. The summed E-state index contributed by atoms with van der Waals surface area (Å²) in [5.41, 5.74) is 5.98. The molecule has 1 aliphatic carbocycles. The van der Waals surface area contributed by atoms with E-state index < -0.39 is 9.84 Å². The molecular weight excluding hydrogens is 326 g/mol. The van der Waals surface area contributed by atoms with Crippen LogP contribution in [0.5, 0.6) is 0 Å². The summed E-state index contributed by atoms with van der Waals surface area (Å²) in [6.45, 7) is 2.89. The van der Waals surface area contributed by atoms with Crippen LogP contribution in [0, 0.1) is 5.41 Å². The maximum Gasteiger partial charge on any atom is 0.220 e. The number of sulfone groups is 1. The molecule has 0 atom stereocenters. The molecular formula is C17H33N3O3S. The van der Waals surface area contributed by atoms with Crippen molar-refractivity contribution in [1.29, 1.82) is 0 Å². The van der Waals surface area contributed by atoms with Gasteiger partial charge in [0.15, 0.2) is 0 Å². The van der Waals surface area contributed by atoms with E-state index in [0.29, 0.717) is 19.5 Å². The molecule has 140 valence electrons. The van der Waals surface area contributed by atoms with E-state index in [2.05, 4.69) is 10.2 Å². The highest BCUT2D eigenvalue weighted by Crippen LogP contribution is 2.38. The van der Waals surface area contributed by atoms with Crippen LogP contribution in [-0.4, -0.2) is 63.5 Å². The predicted molar refractivity (Wildman–Crippen MR) is 96.5 cm³/mol. The first kappa shape index (κ1) is 19.7. The van der Waals surface area contributed by atoms with Crippen LogP contribution in [0.2, 0.25) is 0 Å². The Bertz CT molecular complexity index is 507. The first-order chi connectivity index (χ1) is 11.3. The Kier molecular flexibility index (Phi) is 7.07. The fraction of sp³-hybridized carbons (Fsp3) is 0.941. The minimum Gasteiger partial charge on any atom is -0.353 e. The highest BCUT2D eigenvalue weighted by molar-refractivity contribution is 7.90. The summed E-state index contributed by atoms with van der Waals surface area (Å²) < 4.78 is 22.5. The molecule has 7 heteroatoms. The second-order valence-corrected chi connectivity index (χ2v) is 10.0. The zero-order valence-electron chi connectivity index (χ0n) is 14.9. The van der Waals surface area contributed by atoms with E-state index in [0.717, 1.165) is 38.8 Å². The summed E-state index contributed by atoms with van der Waals surface area (Å²) in [7, 11) is -2.91. The van der Waals surface area contributed by atoms with E-state index in [-0.39, 0.29) is 23.1 Å². The predicted octanol–water partition coefficient (Wildman–Crippen LogP) is 0.911. The van der Waals surface area contributed by atoms with Crippen LogP contribution < -0.4 is 11.1 Å². The topological polar surface area (TPSA) is 92.5 Å². The standard InChI is InChI=1S/C17H33N3O3S/c1-24(22,23)12-11-20-9-5-15(6-10-20)19-16(21)13-17(14-18)7-3-2-4-8-17/h15H,2-14,18H2,1H3,(H,19,21). The van der Waals surface area contributed by atoms with Gasteiger partial charge in [0.25, 0.3) is 0 Å². The molecule has 1 heterocycles. The number of nitrogens with one attached hydrogen (secondary N) is 1. The van der Waals surface area contributed by atoms with Gasteiger partial charge in [0, 0.05) is 38.4 Å². The molecule has 0 radical (unpaired) electrons. The molecule has 24 heavy (non-hydrogen) atoms. The smallest absolute Gasteiger partial charge is 0.220 e. The van der Waals surface area contributed by atoms with Gasteiger partial charge in [0.2, 0.25) is 5.91 Å². The first-order valence-electron chi connectivity index (χ1n) is 9.21. The number of piperidine rings is 1. The van der Waals surface area contributed by atoms with Gasteiger partial charge in [-0.15, -0.1) is 0 Å². The molecule has 1 amide bonds. The van der Waals surface area contributed by atoms with Crippen LogP contribution >= 0.6 is 0 Å². The number of nitrogens with zero attached hydrogens (tertiary/aromatic N) is 1. The molecule has 3 N–H and O–H groups in total. The van der Waals surface area contributed by atoms with Crippen molar-refractivity contribution in [2.75, 3.05) is 38.2 Å². The molecule has 0 aromatic heterocycles. The highest BCUT2D eigenvalue weighted by Gasteiger charge is 2.33. The van der Waals surface area contributed by atoms with Gasteiger partial charge in [-0.1, -0.05) is 19.3 Å². The van der Waals surface area contributed by atoms with E-state index in [4.69, 9.17) is 5.73 Å². The maximum absolute atomic E-state index is 12.4. The maximum atomic E-state index is 12.4. The Morgan fingerprint density at radius 3 is 2.38 bits per heavy atom. The average Bonchev–Trinajstić information content (AvgIpc) is 2.54. The van der Waals surface area contributed by atoms with Gasteiger partial charge < -0.3 is 16.0 Å². The molecule has 0 bridgehead atoms. The van der Waals surface area contributed by atoms with E-state index in [1.54, 1.807) is 0 Å². The Labute approximate surface area is 146 Å². The SMILES string of the molecule is CS(=O)(=O)CCN1CCC(NC(=O)CC2(CN)CCCCC2)CC1. The molecule has 2 rings (SSSR count). The summed E-state index contributed by atoms with van der Waals surface area (Å²) >= 11 is 0. The van der Waals surface area contributed by atoms with E-state index in [1.165, 1.54) is 25.5 Å². The normalized spacial score (nSPS) is 23.1. The summed E-state index contributed by atoms with van der Waals surface area (Å²) in [6, 6.07) is 0.213. The van der Waals surface area contributed by atoms with E-state index in [1.807, 2.05) is 0 Å². The third-order valence-electron chi connectivity index (χ3n) is 5.61. The molecule has 1 saturated carbocycles. The van der Waals surface area contributed by atoms with Gasteiger partial charge >= 0.3 is 0 Å². The number of hydrogen-bond acceptors (Lipinski definition) is 5. The Hall–Kier alpha value is -0.660. The zero-order valence-corrected chi connectivity index (χ0v) is 15.7. The molecule has 0 spiro atoms. The van der Waals surface area contributed by atoms with Crippen molar-refractivity contribution in [2.24, 2.45) is 11.1 Å². The van der Waals surface area contributed by atoms with Crippen molar-refractivity contribution in [3.05, 3.63) is 0 Å². The number of nitrogens with two attached hydrogens (primary N) is 1. The highest BCUT2D eigenvalue weighted by atomic mass is 32.2. The minimum atomic E-state index is -2.91. The largest absolute Gasteiger partial charge is 0.353 e. The van der Waals surface area contributed by atoms with E-state index >= 15 is 0 Å². The van der Waals surface area contributed by atoms with Crippen LogP contribution in [0.25, 0.3) is 0 Å². The summed E-state index contributed by atoms with van der Waals surface area (Å²) in [6.07, 6.45) is 9.38. The van der Waals surface area contributed by atoms with Crippen molar-refractivity contribution in [3.63, 3.8) is 0 Å². The Morgan fingerprint density at radius 1 is 1.21 bits per heavy atom. The van der Waals surface area contributed by atoms with Crippen LogP contribution in [0.1, 0.15) is 51.4 Å². The van der Waals surface area contributed by atoms with Crippen molar-refractivity contribution < 1.29 is 13.2 Å². The third-order valence-corrected chi connectivity index (χ3v) is 6.54. The molecule has 1 saturated heterocycles. The van der Waals surface area contributed by atoms with Gasteiger partial charge in [-0.3, -0.25) is 4.79 Å². The third kappa shape index (κ3) is 6.33. The zero-order chi connectivity index (χ0) is 17.6. The number of rotatable bonds is 7. The van der Waals surface area contributed by atoms with Crippen molar-refractivity contribution >= 4 is 15.7 Å². The molecule has 2 aliphatic rings. The van der Waals surface area contributed by atoms with Crippen LogP contribution in [-0.2, 0) is 14.6 Å². The van der Waals surface area contributed by atoms with Crippen molar-refractivity contribution in [1.82, 2.24) is 10.2 Å². The van der Waals surface area contributed by atoms with Gasteiger partial charge in [0.05, 0.1) is 5.75 Å². The van der Waals surface area contributed by atoms with Gasteiger partial charge in [0.1, 0.15) is 9.84 Å². The lowest BCUT2D eigenvalue weighted by molar-refractivity contribution is -0.124.